The number of rotatable bonds is 2. The van der Waals surface area contributed by atoms with Crippen molar-refractivity contribution in [3.63, 3.8) is 0 Å². The van der Waals surface area contributed by atoms with E-state index in [1.54, 1.807) is 0 Å². The van der Waals surface area contributed by atoms with Crippen LogP contribution in [0.1, 0.15) is 39.5 Å². The average Bonchev–Trinajstić information content (AvgIpc) is 2.14. The van der Waals surface area contributed by atoms with Gasteiger partial charge in [0.05, 0.1) is 0 Å². The first-order chi connectivity index (χ1) is 6.70. The molecule has 2 fully saturated rings. The molecule has 2 aliphatic rings. The molecule has 0 radical (unpaired) electrons. The Labute approximate surface area is 87.8 Å². The quantitative estimate of drug-likeness (QED) is 0.730. The molecule has 2 heteroatoms. The van der Waals surface area contributed by atoms with E-state index in [9.17, 15) is 0 Å². The Morgan fingerprint density at radius 2 is 2.07 bits per heavy atom. The first-order valence-corrected chi connectivity index (χ1v) is 6.20. The molecule has 82 valence electrons. The molecule has 2 atom stereocenters. The van der Waals surface area contributed by atoms with Crippen LogP contribution in [0.4, 0.5) is 0 Å². The fourth-order valence-electron chi connectivity index (χ4n) is 3.00. The molecule has 14 heavy (non-hydrogen) atoms. The Kier molecular flexibility index (Phi) is 3.13. The molecule has 2 nitrogen and oxygen atoms in total. The largest absolute Gasteiger partial charge is 0.327 e. The van der Waals surface area contributed by atoms with Gasteiger partial charge in [0.15, 0.2) is 0 Å². The normalized spacial score (nSPS) is 44.8. The van der Waals surface area contributed by atoms with Crippen molar-refractivity contribution >= 4 is 0 Å². The van der Waals surface area contributed by atoms with Crippen LogP contribution in [-0.2, 0) is 0 Å². The third kappa shape index (κ3) is 1.96. The summed E-state index contributed by atoms with van der Waals surface area (Å²) in [5, 5.41) is 0. The Morgan fingerprint density at radius 3 is 2.64 bits per heavy atom. The summed E-state index contributed by atoms with van der Waals surface area (Å²) >= 11 is 0. The van der Waals surface area contributed by atoms with Crippen LogP contribution in [0, 0.1) is 11.8 Å². The summed E-state index contributed by atoms with van der Waals surface area (Å²) in [4.78, 5) is 2.69. The number of hydrogen-bond donors (Lipinski definition) is 1. The van der Waals surface area contributed by atoms with Gasteiger partial charge in [-0.05, 0) is 37.6 Å². The van der Waals surface area contributed by atoms with Crippen LogP contribution in [0.3, 0.4) is 0 Å². The van der Waals surface area contributed by atoms with Gasteiger partial charge in [-0.2, -0.15) is 0 Å². The van der Waals surface area contributed by atoms with Gasteiger partial charge in [-0.15, -0.1) is 0 Å². The first-order valence-electron chi connectivity index (χ1n) is 6.20. The molecular formula is C12H24N2. The molecule has 2 N–H and O–H groups in total. The highest BCUT2D eigenvalue weighted by Gasteiger charge is 2.35. The minimum Gasteiger partial charge on any atom is -0.327 e. The highest BCUT2D eigenvalue weighted by molar-refractivity contribution is 4.90. The van der Waals surface area contributed by atoms with E-state index in [4.69, 9.17) is 5.73 Å². The van der Waals surface area contributed by atoms with Crippen LogP contribution >= 0.6 is 0 Å². The van der Waals surface area contributed by atoms with Crippen LogP contribution in [0.25, 0.3) is 0 Å². The van der Waals surface area contributed by atoms with Crippen molar-refractivity contribution in [2.24, 2.45) is 17.6 Å². The van der Waals surface area contributed by atoms with Gasteiger partial charge in [0, 0.05) is 18.6 Å². The van der Waals surface area contributed by atoms with E-state index in [0.717, 1.165) is 17.9 Å². The van der Waals surface area contributed by atoms with Crippen LogP contribution < -0.4 is 5.73 Å². The molecule has 0 bridgehead atoms. The Bertz CT molecular complexity index is 187. The zero-order valence-electron chi connectivity index (χ0n) is 9.58. The van der Waals surface area contributed by atoms with E-state index >= 15 is 0 Å². The van der Waals surface area contributed by atoms with Gasteiger partial charge >= 0.3 is 0 Å². The summed E-state index contributed by atoms with van der Waals surface area (Å²) in [6, 6.07) is 1.36. The lowest BCUT2D eigenvalue weighted by Crippen LogP contribution is -2.53. The summed E-state index contributed by atoms with van der Waals surface area (Å²) in [5.41, 5.74) is 6.11. The van der Waals surface area contributed by atoms with E-state index in [-0.39, 0.29) is 0 Å². The minimum atomic E-state index is 0.466. The second-order valence-electron chi connectivity index (χ2n) is 5.35. The molecule has 0 aromatic heterocycles. The maximum atomic E-state index is 6.11. The van der Waals surface area contributed by atoms with Gasteiger partial charge in [0.1, 0.15) is 0 Å². The molecule has 1 saturated heterocycles. The molecule has 2 rings (SSSR count). The number of likely N-dealkylation sites (tertiary alicyclic amines) is 1. The predicted molar refractivity (Wildman–Crippen MR) is 60.1 cm³/mol. The van der Waals surface area contributed by atoms with E-state index in [0.29, 0.717) is 6.04 Å². The fourth-order valence-corrected chi connectivity index (χ4v) is 3.00. The lowest BCUT2D eigenvalue weighted by molar-refractivity contribution is 0.0399. The van der Waals surface area contributed by atoms with Crippen LogP contribution in [-0.4, -0.2) is 30.1 Å². The van der Waals surface area contributed by atoms with Crippen molar-refractivity contribution < 1.29 is 0 Å². The predicted octanol–water partition coefficient (Wildman–Crippen LogP) is 1.84. The maximum Gasteiger partial charge on any atom is 0.0100 e. The summed E-state index contributed by atoms with van der Waals surface area (Å²) in [6.07, 6.45) is 5.31. The van der Waals surface area contributed by atoms with Gasteiger partial charge in [-0.25, -0.2) is 0 Å². The Morgan fingerprint density at radius 1 is 1.36 bits per heavy atom. The van der Waals surface area contributed by atoms with Crippen LogP contribution in [0.5, 0.6) is 0 Å². The third-order valence-electron chi connectivity index (χ3n) is 4.21. The number of nitrogens with two attached hydrogens (primary N) is 1. The van der Waals surface area contributed by atoms with Crippen molar-refractivity contribution in [1.29, 1.82) is 0 Å². The SMILES string of the molecule is CCC1CN(C2CC(C)C2)CCC1N. The summed E-state index contributed by atoms with van der Waals surface area (Å²) < 4.78 is 0. The topological polar surface area (TPSA) is 29.3 Å². The number of hydrogen-bond acceptors (Lipinski definition) is 2. The zero-order valence-corrected chi connectivity index (χ0v) is 9.58. The number of piperidine rings is 1. The highest BCUT2D eigenvalue weighted by atomic mass is 15.2. The van der Waals surface area contributed by atoms with E-state index in [2.05, 4.69) is 18.7 Å². The molecule has 0 aromatic rings. The van der Waals surface area contributed by atoms with Gasteiger partial charge in [0.2, 0.25) is 0 Å². The highest BCUT2D eigenvalue weighted by Crippen LogP contribution is 2.33. The first kappa shape index (κ1) is 10.4. The van der Waals surface area contributed by atoms with Gasteiger partial charge in [-0.3, -0.25) is 4.90 Å². The molecule has 1 aliphatic heterocycles. The van der Waals surface area contributed by atoms with Gasteiger partial charge in [-0.1, -0.05) is 20.3 Å². The Balaban J connectivity index is 1.84. The molecule has 0 aromatic carbocycles. The fraction of sp³-hybridized carbons (Fsp3) is 1.00. The molecular weight excluding hydrogens is 172 g/mol. The van der Waals surface area contributed by atoms with Crippen molar-refractivity contribution in [2.45, 2.75) is 51.6 Å². The van der Waals surface area contributed by atoms with Crippen molar-refractivity contribution in [3.05, 3.63) is 0 Å². The number of nitrogens with zero attached hydrogens (tertiary/aromatic N) is 1. The molecule has 1 saturated carbocycles. The molecule has 1 heterocycles. The van der Waals surface area contributed by atoms with Crippen molar-refractivity contribution in [1.82, 2.24) is 4.90 Å². The monoisotopic (exact) mass is 196 g/mol. The minimum absolute atomic E-state index is 0.466. The van der Waals surface area contributed by atoms with E-state index in [1.165, 1.54) is 38.8 Å². The van der Waals surface area contributed by atoms with Crippen molar-refractivity contribution in [2.75, 3.05) is 13.1 Å². The van der Waals surface area contributed by atoms with Crippen molar-refractivity contribution in [3.8, 4) is 0 Å². The smallest absolute Gasteiger partial charge is 0.0100 e. The standard InChI is InChI=1S/C12H24N2/c1-3-10-8-14(5-4-12(10)13)11-6-9(2)7-11/h9-12H,3-8,13H2,1-2H3. The average molecular weight is 196 g/mol. The molecule has 0 spiro atoms. The van der Waals surface area contributed by atoms with E-state index in [1.807, 2.05) is 0 Å². The molecule has 0 amide bonds. The lowest BCUT2D eigenvalue weighted by atomic mass is 9.78. The third-order valence-corrected chi connectivity index (χ3v) is 4.21. The zero-order chi connectivity index (χ0) is 10.1. The second kappa shape index (κ2) is 4.19. The Hall–Kier alpha value is -0.0800. The molecule has 2 unspecified atom stereocenters. The maximum absolute atomic E-state index is 6.11. The molecule has 1 aliphatic carbocycles. The summed E-state index contributed by atoms with van der Waals surface area (Å²) in [6.45, 7) is 7.14. The van der Waals surface area contributed by atoms with E-state index < -0.39 is 0 Å². The van der Waals surface area contributed by atoms with Gasteiger partial charge < -0.3 is 5.73 Å². The lowest BCUT2D eigenvalue weighted by Gasteiger charge is -2.46. The van der Waals surface area contributed by atoms with Crippen LogP contribution in [0.2, 0.25) is 0 Å². The van der Waals surface area contributed by atoms with Gasteiger partial charge in [0.25, 0.3) is 0 Å². The van der Waals surface area contributed by atoms with Crippen LogP contribution in [0.15, 0.2) is 0 Å². The second-order valence-corrected chi connectivity index (χ2v) is 5.35. The summed E-state index contributed by atoms with van der Waals surface area (Å²) in [7, 11) is 0. The summed E-state index contributed by atoms with van der Waals surface area (Å²) in [5.74, 6) is 1.72.